The number of rotatable bonds is 8. The SMILES string of the molecule is CCOc1cc(C=NNc2nc(C)cs2)ccc1OC(=O)c1cccc(OC)c1. The second-order valence-electron chi connectivity index (χ2n) is 5.92. The number of thiazole rings is 1. The third-order valence-corrected chi connectivity index (χ3v) is 4.63. The first-order valence-corrected chi connectivity index (χ1v) is 9.81. The Morgan fingerprint density at radius 1 is 1.24 bits per heavy atom. The monoisotopic (exact) mass is 411 g/mol. The van der Waals surface area contributed by atoms with Gasteiger partial charge in [0.25, 0.3) is 0 Å². The van der Waals surface area contributed by atoms with Crippen molar-refractivity contribution in [2.45, 2.75) is 13.8 Å². The molecule has 8 heteroatoms. The van der Waals surface area contributed by atoms with E-state index in [2.05, 4.69) is 15.5 Å². The second-order valence-corrected chi connectivity index (χ2v) is 6.78. The number of nitrogens with zero attached hydrogens (tertiary/aromatic N) is 2. The van der Waals surface area contributed by atoms with Gasteiger partial charge in [0.1, 0.15) is 5.75 Å². The van der Waals surface area contributed by atoms with E-state index in [-0.39, 0.29) is 0 Å². The van der Waals surface area contributed by atoms with E-state index in [4.69, 9.17) is 14.2 Å². The minimum absolute atomic E-state index is 0.334. The number of anilines is 1. The number of hydrogen-bond donors (Lipinski definition) is 1. The van der Waals surface area contributed by atoms with Crippen LogP contribution in [0.25, 0.3) is 0 Å². The van der Waals surface area contributed by atoms with Crippen LogP contribution in [0, 0.1) is 6.92 Å². The first-order chi connectivity index (χ1) is 14.1. The van der Waals surface area contributed by atoms with Crippen molar-refractivity contribution in [1.29, 1.82) is 0 Å². The molecule has 0 saturated carbocycles. The van der Waals surface area contributed by atoms with Crippen LogP contribution < -0.4 is 19.6 Å². The molecule has 3 aromatic rings. The van der Waals surface area contributed by atoms with Crippen molar-refractivity contribution in [3.8, 4) is 17.2 Å². The van der Waals surface area contributed by atoms with Gasteiger partial charge in [-0.3, -0.25) is 5.43 Å². The van der Waals surface area contributed by atoms with Crippen LogP contribution in [-0.4, -0.2) is 30.9 Å². The van der Waals surface area contributed by atoms with E-state index in [1.807, 2.05) is 19.2 Å². The fraction of sp³-hybridized carbons (Fsp3) is 0.190. The summed E-state index contributed by atoms with van der Waals surface area (Å²) in [6.07, 6.45) is 1.65. The molecule has 0 saturated heterocycles. The molecule has 29 heavy (non-hydrogen) atoms. The van der Waals surface area contributed by atoms with Gasteiger partial charge in [-0.25, -0.2) is 9.78 Å². The van der Waals surface area contributed by atoms with Crippen LogP contribution in [0.3, 0.4) is 0 Å². The topological polar surface area (TPSA) is 82.0 Å². The number of esters is 1. The largest absolute Gasteiger partial charge is 0.497 e. The fourth-order valence-electron chi connectivity index (χ4n) is 2.43. The summed E-state index contributed by atoms with van der Waals surface area (Å²) in [5.74, 6) is 0.879. The van der Waals surface area contributed by atoms with E-state index >= 15 is 0 Å². The maximum Gasteiger partial charge on any atom is 0.343 e. The normalized spacial score (nSPS) is 10.7. The highest BCUT2D eigenvalue weighted by molar-refractivity contribution is 7.13. The molecule has 0 aliphatic heterocycles. The Morgan fingerprint density at radius 3 is 2.83 bits per heavy atom. The van der Waals surface area contributed by atoms with Gasteiger partial charge in [0.2, 0.25) is 5.13 Å². The lowest BCUT2D eigenvalue weighted by Gasteiger charge is -2.11. The molecule has 0 radical (unpaired) electrons. The molecule has 0 fully saturated rings. The predicted octanol–water partition coefficient (Wildman–Crippen LogP) is 4.52. The van der Waals surface area contributed by atoms with Gasteiger partial charge in [0, 0.05) is 5.38 Å². The van der Waals surface area contributed by atoms with E-state index in [0.29, 0.717) is 34.6 Å². The van der Waals surface area contributed by atoms with Gasteiger partial charge < -0.3 is 14.2 Å². The number of aromatic nitrogens is 1. The zero-order valence-electron chi connectivity index (χ0n) is 16.3. The van der Waals surface area contributed by atoms with Gasteiger partial charge in [-0.1, -0.05) is 6.07 Å². The van der Waals surface area contributed by atoms with E-state index in [1.54, 1.807) is 55.8 Å². The van der Waals surface area contributed by atoms with Gasteiger partial charge in [0.15, 0.2) is 11.5 Å². The van der Waals surface area contributed by atoms with Crippen LogP contribution >= 0.6 is 11.3 Å². The Balaban J connectivity index is 1.73. The summed E-state index contributed by atoms with van der Waals surface area (Å²) in [4.78, 5) is 16.8. The minimum atomic E-state index is -0.493. The van der Waals surface area contributed by atoms with Crippen LogP contribution in [0.2, 0.25) is 0 Å². The molecular formula is C21H21N3O4S. The average Bonchev–Trinajstić information content (AvgIpc) is 3.15. The van der Waals surface area contributed by atoms with E-state index in [9.17, 15) is 4.79 Å². The smallest absolute Gasteiger partial charge is 0.343 e. The maximum atomic E-state index is 12.5. The van der Waals surface area contributed by atoms with Crippen molar-refractivity contribution in [2.24, 2.45) is 5.10 Å². The number of hydrazone groups is 1. The Kier molecular flexibility index (Phi) is 6.80. The summed E-state index contributed by atoms with van der Waals surface area (Å²) >= 11 is 1.48. The molecule has 0 unspecified atom stereocenters. The molecule has 0 aliphatic rings. The molecule has 0 atom stereocenters. The third kappa shape index (κ3) is 5.55. The van der Waals surface area contributed by atoms with Crippen LogP contribution in [0.4, 0.5) is 5.13 Å². The Bertz CT molecular complexity index is 1020. The van der Waals surface area contributed by atoms with Crippen LogP contribution in [0.1, 0.15) is 28.5 Å². The lowest BCUT2D eigenvalue weighted by molar-refractivity contribution is 0.0728. The molecular weight excluding hydrogens is 390 g/mol. The molecule has 3 rings (SSSR count). The highest BCUT2D eigenvalue weighted by Crippen LogP contribution is 2.29. The van der Waals surface area contributed by atoms with Crippen molar-refractivity contribution in [3.63, 3.8) is 0 Å². The van der Waals surface area contributed by atoms with Gasteiger partial charge in [0.05, 0.1) is 31.2 Å². The number of methoxy groups -OCH3 is 1. The molecule has 2 aromatic carbocycles. The summed E-state index contributed by atoms with van der Waals surface area (Å²) in [6.45, 7) is 4.22. The number of carbonyl (C=O) groups excluding carboxylic acids is 1. The van der Waals surface area contributed by atoms with Crippen molar-refractivity contribution < 1.29 is 19.0 Å². The summed E-state index contributed by atoms with van der Waals surface area (Å²) in [5.41, 5.74) is 5.00. The lowest BCUT2D eigenvalue weighted by atomic mass is 10.2. The molecule has 0 aliphatic carbocycles. The van der Waals surface area contributed by atoms with Crippen LogP contribution in [0.5, 0.6) is 17.2 Å². The Labute approximate surface area is 173 Å². The highest BCUT2D eigenvalue weighted by Gasteiger charge is 2.14. The number of aryl methyl sites for hydroxylation is 1. The first-order valence-electron chi connectivity index (χ1n) is 8.93. The molecule has 0 spiro atoms. The maximum absolute atomic E-state index is 12.5. The van der Waals surface area contributed by atoms with Crippen LogP contribution in [-0.2, 0) is 0 Å². The molecule has 0 bridgehead atoms. The number of ether oxygens (including phenoxy) is 3. The average molecular weight is 411 g/mol. The molecule has 1 heterocycles. The van der Waals surface area contributed by atoms with Crippen molar-refractivity contribution in [1.82, 2.24) is 4.98 Å². The molecule has 1 aromatic heterocycles. The summed E-state index contributed by atoms with van der Waals surface area (Å²) in [7, 11) is 1.54. The van der Waals surface area contributed by atoms with Gasteiger partial charge in [-0.05, 0) is 55.8 Å². The summed E-state index contributed by atoms with van der Waals surface area (Å²) in [6, 6.07) is 12.0. The van der Waals surface area contributed by atoms with E-state index in [0.717, 1.165) is 11.3 Å². The van der Waals surface area contributed by atoms with E-state index < -0.39 is 5.97 Å². The summed E-state index contributed by atoms with van der Waals surface area (Å²) in [5, 5.41) is 6.84. The predicted molar refractivity (Wildman–Crippen MR) is 114 cm³/mol. The first kappa shape index (κ1) is 20.3. The van der Waals surface area contributed by atoms with Gasteiger partial charge in [-0.2, -0.15) is 5.10 Å². The lowest BCUT2D eigenvalue weighted by Crippen LogP contribution is -2.10. The molecule has 1 N–H and O–H groups in total. The molecule has 7 nitrogen and oxygen atoms in total. The fourth-order valence-corrected chi connectivity index (χ4v) is 3.07. The zero-order valence-corrected chi connectivity index (χ0v) is 17.2. The van der Waals surface area contributed by atoms with Crippen LogP contribution in [0.15, 0.2) is 52.9 Å². The second kappa shape index (κ2) is 9.70. The quantitative estimate of drug-likeness (QED) is 0.254. The molecule has 150 valence electrons. The Morgan fingerprint density at radius 2 is 2.10 bits per heavy atom. The highest BCUT2D eigenvalue weighted by atomic mass is 32.1. The van der Waals surface area contributed by atoms with Crippen molar-refractivity contribution >= 4 is 28.7 Å². The Hall–Kier alpha value is -3.39. The number of benzene rings is 2. The zero-order chi connectivity index (χ0) is 20.6. The van der Waals surface area contributed by atoms with Gasteiger partial charge in [-0.15, -0.1) is 11.3 Å². The third-order valence-electron chi connectivity index (χ3n) is 3.77. The minimum Gasteiger partial charge on any atom is -0.497 e. The molecule has 0 amide bonds. The van der Waals surface area contributed by atoms with Gasteiger partial charge >= 0.3 is 5.97 Å². The number of nitrogens with one attached hydrogen (secondary N) is 1. The standard InChI is InChI=1S/C21H21N3O4S/c1-4-27-19-10-15(12-22-24-21-23-14(2)13-29-21)8-9-18(19)28-20(25)16-6-5-7-17(11-16)26-3/h5-13H,4H2,1-3H3,(H,23,24). The van der Waals surface area contributed by atoms with Crippen molar-refractivity contribution in [2.75, 3.05) is 19.1 Å². The van der Waals surface area contributed by atoms with E-state index in [1.165, 1.54) is 11.3 Å². The number of carbonyl (C=O) groups is 1. The van der Waals surface area contributed by atoms with Crippen molar-refractivity contribution in [3.05, 3.63) is 64.7 Å². The number of hydrogen-bond acceptors (Lipinski definition) is 8. The summed E-state index contributed by atoms with van der Waals surface area (Å²) < 4.78 is 16.3.